The average Bonchev–Trinajstić information content (AvgIpc) is 2.81. The number of aromatic nitrogens is 2. The average molecular weight is 451 g/mol. The fraction of sp³-hybridized carbons (Fsp3) is 0.167. The maximum atomic E-state index is 12.9. The van der Waals surface area contributed by atoms with Crippen LogP contribution in [0.1, 0.15) is 28.4 Å². The molecule has 0 aliphatic heterocycles. The van der Waals surface area contributed by atoms with Gasteiger partial charge in [-0.3, -0.25) is 18.7 Å². The minimum atomic E-state index is -0.841. The standard InChI is InChI=1S/C24H22FN3O5/c1-2-27-23(31)21(22(26)28(24(27)32)14-17-6-4-3-5-7-17)19(29)15-33-20(30)13-10-16-8-11-18(25)12-9-16/h3-13H,2,14-15,26H2,1H3. The zero-order valence-electron chi connectivity index (χ0n) is 17.9. The Balaban J connectivity index is 1.82. The van der Waals surface area contributed by atoms with Gasteiger partial charge < -0.3 is 10.5 Å². The van der Waals surface area contributed by atoms with Crippen LogP contribution >= 0.6 is 0 Å². The van der Waals surface area contributed by atoms with Crippen LogP contribution in [0.4, 0.5) is 10.2 Å². The second kappa shape index (κ2) is 10.4. The zero-order chi connectivity index (χ0) is 24.0. The first-order valence-corrected chi connectivity index (χ1v) is 10.1. The first-order valence-electron chi connectivity index (χ1n) is 10.1. The molecule has 3 aromatic rings. The van der Waals surface area contributed by atoms with Crippen LogP contribution in [0, 0.1) is 5.82 Å². The Kier molecular flexibility index (Phi) is 7.34. The highest BCUT2D eigenvalue weighted by Gasteiger charge is 2.23. The Hall–Kier alpha value is -4.27. The van der Waals surface area contributed by atoms with Crippen LogP contribution in [-0.4, -0.2) is 27.5 Å². The second-order valence-corrected chi connectivity index (χ2v) is 7.08. The van der Waals surface area contributed by atoms with Crippen LogP contribution in [0.5, 0.6) is 0 Å². The van der Waals surface area contributed by atoms with Gasteiger partial charge in [-0.05, 0) is 36.3 Å². The smallest absolute Gasteiger partial charge is 0.332 e. The highest BCUT2D eigenvalue weighted by molar-refractivity contribution is 6.02. The first kappa shape index (κ1) is 23.4. The monoisotopic (exact) mass is 451 g/mol. The van der Waals surface area contributed by atoms with Crippen molar-refractivity contribution in [3.8, 4) is 0 Å². The molecule has 9 heteroatoms. The number of benzene rings is 2. The largest absolute Gasteiger partial charge is 0.454 e. The predicted octanol–water partition coefficient (Wildman–Crippen LogP) is 2.24. The topological polar surface area (TPSA) is 113 Å². The lowest BCUT2D eigenvalue weighted by molar-refractivity contribution is -0.136. The molecule has 1 heterocycles. The third-order valence-corrected chi connectivity index (χ3v) is 4.87. The third kappa shape index (κ3) is 5.51. The van der Waals surface area contributed by atoms with Gasteiger partial charge in [0, 0.05) is 12.6 Å². The van der Waals surface area contributed by atoms with Crippen LogP contribution in [0.25, 0.3) is 6.08 Å². The first-order chi connectivity index (χ1) is 15.8. The van der Waals surface area contributed by atoms with E-state index in [4.69, 9.17) is 10.5 Å². The van der Waals surface area contributed by atoms with E-state index in [0.29, 0.717) is 5.56 Å². The van der Waals surface area contributed by atoms with Gasteiger partial charge in [0.25, 0.3) is 5.56 Å². The molecule has 3 rings (SSSR count). The van der Waals surface area contributed by atoms with Crippen molar-refractivity contribution in [1.29, 1.82) is 0 Å². The van der Waals surface area contributed by atoms with Crippen molar-refractivity contribution in [2.45, 2.75) is 20.0 Å². The van der Waals surface area contributed by atoms with Crippen molar-refractivity contribution in [1.82, 2.24) is 9.13 Å². The molecule has 0 spiro atoms. The van der Waals surface area contributed by atoms with Gasteiger partial charge >= 0.3 is 11.7 Å². The number of nitrogens with zero attached hydrogens (tertiary/aromatic N) is 2. The summed E-state index contributed by atoms with van der Waals surface area (Å²) in [6, 6.07) is 14.4. The summed E-state index contributed by atoms with van der Waals surface area (Å²) in [5, 5.41) is 0. The number of ether oxygens (including phenoxy) is 1. The van der Waals surface area contributed by atoms with Crippen molar-refractivity contribution >= 4 is 23.6 Å². The summed E-state index contributed by atoms with van der Waals surface area (Å²) in [5.41, 5.74) is 5.47. The number of carbonyl (C=O) groups excluding carboxylic acids is 2. The summed E-state index contributed by atoms with van der Waals surface area (Å²) in [6.07, 6.45) is 2.47. The van der Waals surface area contributed by atoms with Gasteiger partial charge in [0.1, 0.15) is 17.2 Å². The fourth-order valence-corrected chi connectivity index (χ4v) is 3.17. The zero-order valence-corrected chi connectivity index (χ0v) is 17.9. The maximum Gasteiger partial charge on any atom is 0.332 e. The van der Waals surface area contributed by atoms with Crippen molar-refractivity contribution in [2.75, 3.05) is 12.3 Å². The SMILES string of the molecule is CCn1c(=O)c(C(=O)COC(=O)C=Cc2ccc(F)cc2)c(N)n(Cc2ccccc2)c1=O. The lowest BCUT2D eigenvalue weighted by Gasteiger charge is -2.15. The molecule has 0 unspecified atom stereocenters. The number of hydrogen-bond donors (Lipinski definition) is 1. The van der Waals surface area contributed by atoms with Crippen molar-refractivity contribution < 1.29 is 18.7 Å². The molecule has 170 valence electrons. The fourth-order valence-electron chi connectivity index (χ4n) is 3.17. The van der Waals surface area contributed by atoms with Gasteiger partial charge in [0.15, 0.2) is 6.61 Å². The molecule has 2 N–H and O–H groups in total. The lowest BCUT2D eigenvalue weighted by Crippen LogP contribution is -2.44. The van der Waals surface area contributed by atoms with E-state index < -0.39 is 41.0 Å². The number of ketones is 1. The number of carbonyl (C=O) groups is 2. The molecular formula is C24H22FN3O5. The minimum absolute atomic E-state index is 0.0349. The van der Waals surface area contributed by atoms with Crippen LogP contribution in [0.15, 0.2) is 70.3 Å². The molecule has 2 aromatic carbocycles. The molecule has 0 saturated carbocycles. The number of rotatable bonds is 8. The number of nitrogens with two attached hydrogens (primary N) is 1. The van der Waals surface area contributed by atoms with Crippen molar-refractivity contribution in [3.05, 3.63) is 104 Å². The molecule has 0 bridgehead atoms. The normalized spacial score (nSPS) is 11.0. The lowest BCUT2D eigenvalue weighted by atomic mass is 10.2. The predicted molar refractivity (Wildman–Crippen MR) is 121 cm³/mol. The van der Waals surface area contributed by atoms with Gasteiger partial charge in [-0.15, -0.1) is 0 Å². The van der Waals surface area contributed by atoms with Crippen LogP contribution in [0.2, 0.25) is 0 Å². The summed E-state index contributed by atoms with van der Waals surface area (Å²) in [5.74, 6) is -2.37. The van der Waals surface area contributed by atoms with Crippen molar-refractivity contribution in [2.24, 2.45) is 0 Å². The minimum Gasteiger partial charge on any atom is -0.454 e. The Morgan fingerprint density at radius 3 is 2.33 bits per heavy atom. The van der Waals surface area contributed by atoms with E-state index in [1.165, 1.54) is 30.3 Å². The number of anilines is 1. The number of Topliss-reactive ketones (excluding diaryl/α,β-unsaturated/α-hetero) is 1. The molecule has 1 aromatic heterocycles. The molecule has 0 radical (unpaired) electrons. The molecule has 8 nitrogen and oxygen atoms in total. The number of esters is 1. The van der Waals surface area contributed by atoms with Crippen LogP contribution in [-0.2, 0) is 22.6 Å². The Bertz CT molecular complexity index is 1310. The van der Waals surface area contributed by atoms with E-state index in [0.717, 1.165) is 20.8 Å². The molecule has 0 saturated heterocycles. The molecule has 0 atom stereocenters. The molecule has 0 aliphatic carbocycles. The van der Waals surface area contributed by atoms with E-state index >= 15 is 0 Å². The molecule has 33 heavy (non-hydrogen) atoms. The molecule has 0 amide bonds. The molecule has 0 aliphatic rings. The van der Waals surface area contributed by atoms with Gasteiger partial charge in [-0.1, -0.05) is 42.5 Å². The highest BCUT2D eigenvalue weighted by Crippen LogP contribution is 2.10. The van der Waals surface area contributed by atoms with E-state index in [2.05, 4.69) is 0 Å². The van der Waals surface area contributed by atoms with E-state index in [-0.39, 0.29) is 18.9 Å². The van der Waals surface area contributed by atoms with Gasteiger partial charge in [0.05, 0.1) is 6.54 Å². The van der Waals surface area contributed by atoms with Crippen LogP contribution in [0.3, 0.4) is 0 Å². The summed E-state index contributed by atoms with van der Waals surface area (Å²) in [4.78, 5) is 50.2. The number of halogens is 1. The molecular weight excluding hydrogens is 429 g/mol. The van der Waals surface area contributed by atoms with Crippen molar-refractivity contribution in [3.63, 3.8) is 0 Å². The van der Waals surface area contributed by atoms with Gasteiger partial charge in [-0.2, -0.15) is 0 Å². The summed E-state index contributed by atoms with van der Waals surface area (Å²) < 4.78 is 19.9. The number of nitrogen functional groups attached to an aromatic ring is 1. The highest BCUT2D eigenvalue weighted by atomic mass is 19.1. The van der Waals surface area contributed by atoms with Gasteiger partial charge in [0.2, 0.25) is 5.78 Å². The summed E-state index contributed by atoms with van der Waals surface area (Å²) >= 11 is 0. The van der Waals surface area contributed by atoms with Gasteiger partial charge in [-0.25, -0.2) is 14.0 Å². The van der Waals surface area contributed by atoms with Crippen LogP contribution < -0.4 is 17.0 Å². The Morgan fingerprint density at radius 2 is 1.70 bits per heavy atom. The molecule has 0 fully saturated rings. The van der Waals surface area contributed by atoms with E-state index in [1.54, 1.807) is 31.2 Å². The van der Waals surface area contributed by atoms with E-state index in [9.17, 15) is 23.6 Å². The van der Waals surface area contributed by atoms with E-state index in [1.807, 2.05) is 6.07 Å². The Morgan fingerprint density at radius 1 is 1.03 bits per heavy atom. The quantitative estimate of drug-likeness (QED) is 0.319. The maximum absolute atomic E-state index is 12.9. The summed E-state index contributed by atoms with van der Waals surface area (Å²) in [6.45, 7) is 0.957. The second-order valence-electron chi connectivity index (χ2n) is 7.08. The Labute approximate surface area is 188 Å². The number of hydrogen-bond acceptors (Lipinski definition) is 6. The third-order valence-electron chi connectivity index (χ3n) is 4.87. The summed E-state index contributed by atoms with van der Waals surface area (Å²) in [7, 11) is 0.